The van der Waals surface area contributed by atoms with Crippen molar-refractivity contribution in [1.29, 1.82) is 0 Å². The summed E-state index contributed by atoms with van der Waals surface area (Å²) in [6.45, 7) is 4.19. The van der Waals surface area contributed by atoms with Crippen molar-refractivity contribution < 1.29 is 19.0 Å². The summed E-state index contributed by atoms with van der Waals surface area (Å²) < 4.78 is 18.4. The lowest BCUT2D eigenvalue weighted by molar-refractivity contribution is 0.0600. The maximum absolute atomic E-state index is 12.0. The second kappa shape index (κ2) is 12.2. The van der Waals surface area contributed by atoms with E-state index in [1.54, 1.807) is 25.4 Å². The number of benzene rings is 3. The van der Waals surface area contributed by atoms with Crippen LogP contribution in [-0.4, -0.2) is 34.9 Å². The minimum atomic E-state index is -0.363. The van der Waals surface area contributed by atoms with E-state index in [4.69, 9.17) is 31.4 Å². The van der Waals surface area contributed by atoms with Gasteiger partial charge in [0.1, 0.15) is 17.2 Å². The standard InChI is InChI=1S/C35H32N4O4S/c1-22-21-30(23(2)38(22)25-10-8-24(9-11-25)34(40)42-4)33-32(31-7-5-6-20-36-31)37-35(44)39(33)26-12-14-28(15-13-26)43-29-18-16-27(41-3)17-19-29/h5-21,32-33H,1-4H3,(H,37,44)/t32-,33+/m1/s1. The van der Waals surface area contributed by atoms with Crippen molar-refractivity contribution in [3.05, 3.63) is 131 Å². The molecule has 9 heteroatoms. The van der Waals surface area contributed by atoms with Gasteiger partial charge in [-0.2, -0.15) is 0 Å². The summed E-state index contributed by atoms with van der Waals surface area (Å²) in [5.41, 5.74) is 6.52. The van der Waals surface area contributed by atoms with Crippen molar-refractivity contribution in [3.63, 3.8) is 0 Å². The predicted octanol–water partition coefficient (Wildman–Crippen LogP) is 7.25. The Labute approximate surface area is 261 Å². The molecule has 2 aromatic heterocycles. The summed E-state index contributed by atoms with van der Waals surface area (Å²) in [7, 11) is 3.02. The number of aryl methyl sites for hydroxylation is 1. The number of aromatic nitrogens is 2. The zero-order valence-corrected chi connectivity index (χ0v) is 25.7. The van der Waals surface area contributed by atoms with Crippen LogP contribution in [0.15, 0.2) is 103 Å². The number of esters is 1. The number of nitrogens with zero attached hydrogens (tertiary/aromatic N) is 3. The third-order valence-corrected chi connectivity index (χ3v) is 8.16. The summed E-state index contributed by atoms with van der Waals surface area (Å²) in [5.74, 6) is 1.84. The fraction of sp³-hybridized carbons (Fsp3) is 0.171. The van der Waals surface area contributed by atoms with Gasteiger partial charge in [-0.05, 0) is 123 Å². The Bertz CT molecular complexity index is 1790. The minimum Gasteiger partial charge on any atom is -0.497 e. The van der Waals surface area contributed by atoms with Crippen LogP contribution in [0.25, 0.3) is 5.69 Å². The van der Waals surface area contributed by atoms with Gasteiger partial charge in [0.05, 0.1) is 37.6 Å². The molecule has 0 saturated carbocycles. The zero-order valence-electron chi connectivity index (χ0n) is 24.9. The monoisotopic (exact) mass is 604 g/mol. The largest absolute Gasteiger partial charge is 0.497 e. The second-order valence-corrected chi connectivity index (χ2v) is 10.9. The average molecular weight is 605 g/mol. The molecule has 0 spiro atoms. The minimum absolute atomic E-state index is 0.181. The van der Waals surface area contributed by atoms with Crippen LogP contribution < -0.4 is 19.7 Å². The third-order valence-electron chi connectivity index (χ3n) is 7.84. The first kappa shape index (κ1) is 28.9. The van der Waals surface area contributed by atoms with Gasteiger partial charge >= 0.3 is 5.97 Å². The van der Waals surface area contributed by atoms with Gasteiger partial charge in [0.25, 0.3) is 0 Å². The van der Waals surface area contributed by atoms with Crippen LogP contribution in [0.5, 0.6) is 17.2 Å². The van der Waals surface area contributed by atoms with Gasteiger partial charge in [-0.15, -0.1) is 0 Å². The summed E-state index contributed by atoms with van der Waals surface area (Å²) in [6, 6.07) is 30.6. The van der Waals surface area contributed by atoms with Crippen LogP contribution in [0.4, 0.5) is 5.69 Å². The van der Waals surface area contributed by atoms with Gasteiger partial charge in [-0.25, -0.2) is 4.79 Å². The summed E-state index contributed by atoms with van der Waals surface area (Å²) in [5, 5.41) is 4.16. The molecule has 1 N–H and O–H groups in total. The van der Waals surface area contributed by atoms with Crippen LogP contribution in [0.1, 0.15) is 45.1 Å². The Kier molecular flexibility index (Phi) is 8.04. The number of ether oxygens (including phenoxy) is 3. The smallest absolute Gasteiger partial charge is 0.337 e. The highest BCUT2D eigenvalue weighted by molar-refractivity contribution is 7.80. The lowest BCUT2D eigenvalue weighted by Crippen LogP contribution is -2.29. The van der Waals surface area contributed by atoms with E-state index in [0.29, 0.717) is 16.4 Å². The van der Waals surface area contributed by atoms with Gasteiger partial charge in [0.15, 0.2) is 5.11 Å². The van der Waals surface area contributed by atoms with Crippen LogP contribution in [0.2, 0.25) is 0 Å². The first-order chi connectivity index (χ1) is 21.4. The lowest BCUT2D eigenvalue weighted by atomic mass is 9.96. The Morgan fingerprint density at radius 2 is 1.48 bits per heavy atom. The number of carbonyl (C=O) groups is 1. The SMILES string of the molecule is COC(=O)c1ccc(-n2c(C)cc([C@H]3[C@@H](c4ccccn4)NC(=S)N3c3ccc(Oc4ccc(OC)cc4)cc3)c2C)cc1. The van der Waals surface area contributed by atoms with Gasteiger partial charge in [-0.3, -0.25) is 4.98 Å². The lowest BCUT2D eigenvalue weighted by Gasteiger charge is -2.28. The van der Waals surface area contributed by atoms with Gasteiger partial charge in [-0.1, -0.05) is 6.07 Å². The summed E-state index contributed by atoms with van der Waals surface area (Å²) >= 11 is 5.96. The first-order valence-corrected chi connectivity index (χ1v) is 14.6. The van der Waals surface area contributed by atoms with E-state index in [2.05, 4.69) is 34.7 Å². The quantitative estimate of drug-likeness (QED) is 0.147. The molecule has 3 heterocycles. The molecule has 5 aromatic rings. The van der Waals surface area contributed by atoms with Gasteiger partial charge in [0.2, 0.25) is 0 Å². The van der Waals surface area contributed by atoms with Gasteiger partial charge in [0, 0.05) is 29.0 Å². The van der Waals surface area contributed by atoms with E-state index in [9.17, 15) is 4.79 Å². The molecule has 2 atom stereocenters. The molecule has 0 bridgehead atoms. The van der Waals surface area contributed by atoms with Gasteiger partial charge < -0.3 is 29.0 Å². The summed E-state index contributed by atoms with van der Waals surface area (Å²) in [4.78, 5) is 18.9. The third kappa shape index (κ3) is 5.49. The normalized spacial score (nSPS) is 16.0. The van der Waals surface area contributed by atoms with E-state index in [-0.39, 0.29) is 18.1 Å². The van der Waals surface area contributed by atoms with Crippen molar-refractivity contribution in [3.8, 4) is 22.9 Å². The van der Waals surface area contributed by atoms with E-state index >= 15 is 0 Å². The molecule has 6 rings (SSSR count). The maximum atomic E-state index is 12.0. The molecule has 44 heavy (non-hydrogen) atoms. The van der Waals surface area contributed by atoms with Crippen LogP contribution >= 0.6 is 12.2 Å². The number of carbonyl (C=O) groups excluding carboxylic acids is 1. The molecule has 1 aliphatic rings. The fourth-order valence-electron chi connectivity index (χ4n) is 5.75. The predicted molar refractivity (Wildman–Crippen MR) is 174 cm³/mol. The van der Waals surface area contributed by atoms with Crippen LogP contribution in [0, 0.1) is 13.8 Å². The molecule has 0 unspecified atom stereocenters. The molecule has 8 nitrogen and oxygen atoms in total. The molecule has 0 radical (unpaired) electrons. The number of pyridine rings is 1. The van der Waals surface area contributed by atoms with Crippen molar-refractivity contribution in [2.24, 2.45) is 0 Å². The Hall–Kier alpha value is -5.15. The van der Waals surface area contributed by atoms with E-state index in [1.165, 1.54) is 7.11 Å². The van der Waals surface area contributed by atoms with Crippen LogP contribution in [0.3, 0.4) is 0 Å². The number of thiocarbonyl (C=S) groups is 1. The average Bonchev–Trinajstić information content (AvgIpc) is 3.56. The number of methoxy groups -OCH3 is 2. The summed E-state index contributed by atoms with van der Waals surface area (Å²) in [6.07, 6.45) is 1.80. The van der Waals surface area contributed by atoms with E-state index < -0.39 is 0 Å². The zero-order chi connectivity index (χ0) is 30.8. The maximum Gasteiger partial charge on any atom is 0.337 e. The van der Waals surface area contributed by atoms with Crippen molar-refractivity contribution in [2.75, 3.05) is 19.1 Å². The second-order valence-electron chi connectivity index (χ2n) is 10.5. The number of hydrogen-bond acceptors (Lipinski definition) is 6. The van der Waals surface area contributed by atoms with Crippen molar-refractivity contribution in [1.82, 2.24) is 14.9 Å². The first-order valence-electron chi connectivity index (χ1n) is 14.2. The molecule has 222 valence electrons. The highest BCUT2D eigenvalue weighted by Crippen LogP contribution is 2.44. The molecular weight excluding hydrogens is 572 g/mol. The molecule has 0 amide bonds. The van der Waals surface area contributed by atoms with Crippen molar-refractivity contribution >= 4 is 29.0 Å². The highest BCUT2D eigenvalue weighted by Gasteiger charge is 2.42. The molecule has 1 fully saturated rings. The molecule has 0 aliphatic carbocycles. The van der Waals surface area contributed by atoms with E-state index in [0.717, 1.165) is 45.5 Å². The molecule has 3 aromatic carbocycles. The van der Waals surface area contributed by atoms with E-state index in [1.807, 2.05) is 78.9 Å². The number of nitrogens with one attached hydrogen (secondary N) is 1. The number of anilines is 1. The Morgan fingerprint density at radius 3 is 2.09 bits per heavy atom. The topological polar surface area (TPSA) is 77.9 Å². The van der Waals surface area contributed by atoms with Crippen LogP contribution in [-0.2, 0) is 4.74 Å². The number of hydrogen-bond donors (Lipinski definition) is 1. The fourth-order valence-corrected chi connectivity index (χ4v) is 6.10. The molecule has 1 saturated heterocycles. The molecule has 1 aliphatic heterocycles. The highest BCUT2D eigenvalue weighted by atomic mass is 32.1. The Morgan fingerprint density at radius 1 is 0.841 bits per heavy atom. The van der Waals surface area contributed by atoms with Crippen molar-refractivity contribution in [2.45, 2.75) is 25.9 Å². The Balaban J connectivity index is 1.37. The number of rotatable bonds is 8. The molecular formula is C35H32N4O4S.